The molecule has 6 heteroatoms. The highest BCUT2D eigenvalue weighted by Gasteiger charge is 2.38. The minimum absolute atomic E-state index is 0.0524. The van der Waals surface area contributed by atoms with E-state index in [0.717, 1.165) is 29.5 Å². The molecule has 2 heterocycles. The van der Waals surface area contributed by atoms with Crippen molar-refractivity contribution in [2.75, 3.05) is 11.9 Å². The molecule has 1 aromatic heterocycles. The number of esters is 1. The fourth-order valence-corrected chi connectivity index (χ4v) is 5.24. The topological polar surface area (TPSA) is 76.1 Å². The molecule has 0 aliphatic carbocycles. The number of nitrogens with zero attached hydrogens (tertiary/aromatic N) is 2. The first-order valence-corrected chi connectivity index (χ1v) is 11.9. The van der Waals surface area contributed by atoms with Crippen molar-refractivity contribution >= 4 is 11.8 Å². The maximum atomic E-state index is 13.4. The van der Waals surface area contributed by atoms with Crippen molar-refractivity contribution in [3.8, 4) is 22.4 Å². The molecule has 0 radical (unpaired) electrons. The second-order valence-electron chi connectivity index (χ2n) is 10.2. The highest BCUT2D eigenvalue weighted by molar-refractivity contribution is 6.05. The van der Waals surface area contributed by atoms with Gasteiger partial charge >= 0.3 is 5.97 Å². The van der Waals surface area contributed by atoms with E-state index >= 15 is 0 Å². The fourth-order valence-electron chi connectivity index (χ4n) is 5.24. The molecule has 2 N–H and O–H groups in total. The summed E-state index contributed by atoms with van der Waals surface area (Å²) >= 11 is 0. The number of aromatic nitrogens is 2. The van der Waals surface area contributed by atoms with E-state index in [4.69, 9.17) is 4.74 Å². The normalized spacial score (nSPS) is 17.2. The van der Waals surface area contributed by atoms with Crippen molar-refractivity contribution in [2.45, 2.75) is 64.6 Å². The van der Waals surface area contributed by atoms with Crippen LogP contribution in [-0.4, -0.2) is 39.9 Å². The van der Waals surface area contributed by atoms with Gasteiger partial charge in [0.05, 0.1) is 6.61 Å². The van der Waals surface area contributed by atoms with Crippen LogP contribution in [0.15, 0.2) is 60.7 Å². The van der Waals surface area contributed by atoms with Crippen molar-refractivity contribution in [3.05, 3.63) is 66.2 Å². The highest BCUT2D eigenvalue weighted by Crippen LogP contribution is 2.38. The van der Waals surface area contributed by atoms with E-state index in [0.29, 0.717) is 17.1 Å². The maximum Gasteiger partial charge on any atom is 0.342 e. The molecule has 3 aromatic rings. The number of hydrogen-bond acceptors (Lipinski definition) is 6. The maximum absolute atomic E-state index is 13.4. The van der Waals surface area contributed by atoms with Gasteiger partial charge in [-0.3, -0.25) is 0 Å². The van der Waals surface area contributed by atoms with Crippen LogP contribution < -0.4 is 10.6 Å². The number of carbonyl (C=O) groups excluding carboxylic acids is 1. The van der Waals surface area contributed by atoms with E-state index in [1.54, 1.807) is 0 Å². The summed E-state index contributed by atoms with van der Waals surface area (Å²) in [7, 11) is 0. The predicted molar refractivity (Wildman–Crippen MR) is 137 cm³/mol. The molecule has 0 spiro atoms. The number of carbonyl (C=O) groups is 1. The van der Waals surface area contributed by atoms with E-state index in [2.05, 4.69) is 48.5 Å². The molecule has 178 valence electrons. The average Bonchev–Trinajstić information content (AvgIpc) is 2.78. The zero-order valence-electron chi connectivity index (χ0n) is 20.7. The summed E-state index contributed by atoms with van der Waals surface area (Å²) in [6.07, 6.45) is 1.78. The monoisotopic (exact) mass is 458 g/mol. The number of piperidine rings is 1. The SMILES string of the molecule is CCOC(=O)c1c(NC2CC(C)(C)NC(C)(C)C2)nnc(-c2ccccc2)c1-c1ccccc1. The third-order valence-electron chi connectivity index (χ3n) is 6.09. The van der Waals surface area contributed by atoms with Crippen molar-refractivity contribution in [1.29, 1.82) is 0 Å². The number of rotatable bonds is 6. The minimum Gasteiger partial charge on any atom is -0.462 e. The first-order valence-electron chi connectivity index (χ1n) is 11.9. The lowest BCUT2D eigenvalue weighted by molar-refractivity contribution is 0.0527. The van der Waals surface area contributed by atoms with Crippen molar-refractivity contribution in [1.82, 2.24) is 15.5 Å². The van der Waals surface area contributed by atoms with E-state index < -0.39 is 5.97 Å². The van der Waals surface area contributed by atoms with E-state index in [1.165, 1.54) is 0 Å². The summed E-state index contributed by atoms with van der Waals surface area (Å²) in [4.78, 5) is 13.4. The van der Waals surface area contributed by atoms with Crippen molar-refractivity contribution in [3.63, 3.8) is 0 Å². The van der Waals surface area contributed by atoms with Crippen LogP contribution in [0.2, 0.25) is 0 Å². The van der Waals surface area contributed by atoms with E-state index in [1.807, 2.05) is 67.6 Å². The molecule has 1 fully saturated rings. The molecular weight excluding hydrogens is 424 g/mol. The first kappa shape index (κ1) is 23.9. The fraction of sp³-hybridized carbons (Fsp3) is 0.393. The lowest BCUT2D eigenvalue weighted by Gasteiger charge is -2.46. The van der Waals surface area contributed by atoms with Crippen molar-refractivity contribution in [2.24, 2.45) is 0 Å². The number of nitrogens with one attached hydrogen (secondary N) is 2. The summed E-state index contributed by atoms with van der Waals surface area (Å²) in [5.41, 5.74) is 3.51. The molecule has 0 amide bonds. The summed E-state index contributed by atoms with van der Waals surface area (Å²) in [5.74, 6) is 0.0684. The number of ether oxygens (including phenoxy) is 1. The van der Waals surface area contributed by atoms with E-state index in [9.17, 15) is 4.79 Å². The Kier molecular flexibility index (Phi) is 6.71. The summed E-state index contributed by atoms with van der Waals surface area (Å²) in [6.45, 7) is 10.9. The van der Waals surface area contributed by atoms with Crippen molar-refractivity contribution < 1.29 is 9.53 Å². The first-order chi connectivity index (χ1) is 16.2. The second-order valence-corrected chi connectivity index (χ2v) is 10.2. The Labute approximate surface area is 202 Å². The van der Waals surface area contributed by atoms with Crippen LogP contribution in [-0.2, 0) is 4.74 Å². The standard InChI is InChI=1S/C28H34N4O2/c1-6-34-26(33)23-22(19-13-9-7-10-14-19)24(20-15-11-8-12-16-20)30-31-25(23)29-21-17-27(2,3)32-28(4,5)18-21/h7-16,21,32H,6,17-18H2,1-5H3,(H,29,31). The highest BCUT2D eigenvalue weighted by atomic mass is 16.5. The minimum atomic E-state index is -0.400. The van der Waals surface area contributed by atoms with Gasteiger partial charge < -0.3 is 15.4 Å². The van der Waals surface area contributed by atoms with E-state index in [-0.39, 0.29) is 23.7 Å². The summed E-state index contributed by atoms with van der Waals surface area (Å²) in [5, 5.41) is 16.5. The van der Waals surface area contributed by atoms with Crippen LogP contribution in [0.25, 0.3) is 22.4 Å². The van der Waals surface area contributed by atoms with Gasteiger partial charge in [-0.25, -0.2) is 4.79 Å². The molecule has 2 aromatic carbocycles. The Morgan fingerprint density at radius 3 is 2.06 bits per heavy atom. The molecular formula is C28H34N4O2. The van der Waals surface area contributed by atoms with Gasteiger partial charge in [0, 0.05) is 28.2 Å². The second kappa shape index (κ2) is 9.55. The van der Waals surface area contributed by atoms with Gasteiger partial charge in [0.1, 0.15) is 11.3 Å². The van der Waals surface area contributed by atoms with Crippen LogP contribution in [0.1, 0.15) is 57.8 Å². The Hall–Kier alpha value is -3.25. The average molecular weight is 459 g/mol. The van der Waals surface area contributed by atoms with Crippen LogP contribution in [0.4, 0.5) is 5.82 Å². The predicted octanol–water partition coefficient (Wildman–Crippen LogP) is 5.71. The van der Waals surface area contributed by atoms with Gasteiger partial charge in [-0.15, -0.1) is 10.2 Å². The lowest BCUT2D eigenvalue weighted by atomic mass is 9.79. The summed E-state index contributed by atoms with van der Waals surface area (Å²) < 4.78 is 5.53. The zero-order chi connectivity index (χ0) is 24.3. The lowest BCUT2D eigenvalue weighted by Crippen LogP contribution is -2.60. The van der Waals surface area contributed by atoms with Gasteiger partial charge in [-0.1, -0.05) is 60.7 Å². The molecule has 34 heavy (non-hydrogen) atoms. The van der Waals surface area contributed by atoms with Crippen LogP contribution >= 0.6 is 0 Å². The largest absolute Gasteiger partial charge is 0.462 e. The number of hydrogen-bond donors (Lipinski definition) is 2. The zero-order valence-corrected chi connectivity index (χ0v) is 20.7. The third-order valence-corrected chi connectivity index (χ3v) is 6.09. The molecule has 0 unspecified atom stereocenters. The van der Waals surface area contributed by atoms with Crippen LogP contribution in [0.5, 0.6) is 0 Å². The molecule has 6 nitrogen and oxygen atoms in total. The Morgan fingerprint density at radius 2 is 1.50 bits per heavy atom. The van der Waals surface area contributed by atoms with Gasteiger partial charge in [0.15, 0.2) is 5.82 Å². The molecule has 1 saturated heterocycles. The molecule has 1 aliphatic rings. The molecule has 0 saturated carbocycles. The Balaban J connectivity index is 1.88. The third kappa shape index (κ3) is 5.28. The Bertz CT molecular complexity index is 1130. The molecule has 0 atom stereocenters. The Morgan fingerprint density at radius 1 is 0.941 bits per heavy atom. The summed E-state index contributed by atoms with van der Waals surface area (Å²) in [6, 6.07) is 19.8. The van der Waals surface area contributed by atoms with Gasteiger partial charge in [0.2, 0.25) is 0 Å². The van der Waals surface area contributed by atoms with Crippen LogP contribution in [0.3, 0.4) is 0 Å². The smallest absolute Gasteiger partial charge is 0.342 e. The molecule has 0 bridgehead atoms. The van der Waals surface area contributed by atoms with Crippen LogP contribution in [0, 0.1) is 0 Å². The number of anilines is 1. The van der Waals surface area contributed by atoms with Gasteiger partial charge in [-0.05, 0) is 53.0 Å². The van der Waals surface area contributed by atoms with Gasteiger partial charge in [0.25, 0.3) is 0 Å². The molecule has 1 aliphatic heterocycles. The van der Waals surface area contributed by atoms with Gasteiger partial charge in [-0.2, -0.15) is 0 Å². The number of benzene rings is 2. The molecule has 4 rings (SSSR count). The quantitative estimate of drug-likeness (QED) is 0.461.